The Hall–Kier alpha value is -3.09. The van der Waals surface area contributed by atoms with E-state index in [1.165, 1.54) is 17.5 Å². The zero-order chi connectivity index (χ0) is 19.6. The third-order valence-electron chi connectivity index (χ3n) is 6.00. The van der Waals surface area contributed by atoms with Gasteiger partial charge in [0.05, 0.1) is 11.9 Å². The van der Waals surface area contributed by atoms with Gasteiger partial charge in [0.25, 0.3) is 0 Å². The molecule has 3 N–H and O–H groups in total. The summed E-state index contributed by atoms with van der Waals surface area (Å²) in [5, 5.41) is 7.58. The van der Waals surface area contributed by atoms with Gasteiger partial charge in [0, 0.05) is 31.0 Å². The van der Waals surface area contributed by atoms with Gasteiger partial charge < -0.3 is 20.5 Å². The number of benzene rings is 1. The zero-order valence-corrected chi connectivity index (χ0v) is 16.4. The zero-order valence-electron chi connectivity index (χ0n) is 16.4. The van der Waals surface area contributed by atoms with Crippen molar-refractivity contribution in [1.29, 1.82) is 0 Å². The molecule has 5 rings (SSSR count). The normalized spacial score (nSPS) is 18.6. The molecule has 0 spiro atoms. The number of carbonyl (C=O) groups is 1. The third kappa shape index (κ3) is 3.64. The Labute approximate surface area is 169 Å². The van der Waals surface area contributed by atoms with Crippen LogP contribution in [0.2, 0.25) is 0 Å². The van der Waals surface area contributed by atoms with Gasteiger partial charge >= 0.3 is 0 Å². The van der Waals surface area contributed by atoms with E-state index in [9.17, 15) is 4.79 Å². The second-order valence-electron chi connectivity index (χ2n) is 7.94. The van der Waals surface area contributed by atoms with E-state index in [4.69, 9.17) is 0 Å². The van der Waals surface area contributed by atoms with Crippen LogP contribution in [0.15, 0.2) is 36.8 Å². The predicted octanol–water partition coefficient (Wildman–Crippen LogP) is 2.64. The number of nitrogens with zero attached hydrogens (tertiary/aromatic N) is 3. The summed E-state index contributed by atoms with van der Waals surface area (Å²) in [5.41, 5.74) is 4.75. The van der Waals surface area contributed by atoms with E-state index in [0.717, 1.165) is 61.3 Å². The minimum atomic E-state index is 0.0435. The molecule has 3 aromatic rings. The molecule has 1 aromatic carbocycles. The van der Waals surface area contributed by atoms with Crippen molar-refractivity contribution >= 4 is 28.4 Å². The molecule has 0 bridgehead atoms. The average molecular weight is 390 g/mol. The van der Waals surface area contributed by atoms with Crippen LogP contribution in [-0.4, -0.2) is 46.5 Å². The smallest absolute Gasteiger partial charge is 0.239 e. The van der Waals surface area contributed by atoms with Gasteiger partial charge in [0.15, 0.2) is 0 Å². The topological polar surface area (TPSA) is 85.9 Å². The number of nitrogens with one attached hydrogen (secondary N) is 3. The number of amides is 1. The molecule has 7 nitrogen and oxygen atoms in total. The molecule has 0 saturated carbocycles. The molecule has 1 amide bonds. The van der Waals surface area contributed by atoms with Gasteiger partial charge in [0.1, 0.15) is 17.8 Å². The first-order chi connectivity index (χ1) is 14.3. The van der Waals surface area contributed by atoms with Crippen LogP contribution in [0.5, 0.6) is 0 Å². The Morgan fingerprint density at radius 3 is 3.14 bits per heavy atom. The molecule has 7 heteroatoms. The summed E-state index contributed by atoms with van der Waals surface area (Å²) in [5.74, 6) is 0.982. The lowest BCUT2D eigenvalue weighted by atomic mass is 10.1. The van der Waals surface area contributed by atoms with Crippen LogP contribution in [0.1, 0.15) is 30.4 Å². The fraction of sp³-hybridized carbons (Fsp3) is 0.409. The summed E-state index contributed by atoms with van der Waals surface area (Å²) in [7, 11) is 0. The minimum Gasteiger partial charge on any atom is -0.376 e. The van der Waals surface area contributed by atoms with Crippen LogP contribution in [0.25, 0.3) is 11.0 Å². The molecule has 1 aliphatic heterocycles. The van der Waals surface area contributed by atoms with Crippen LogP contribution in [0.4, 0.5) is 11.5 Å². The standard InChI is InChI=1S/C22H26N6O/c29-20(12-24-19-8-2-5-15-4-1-7-17(15)19)27-16-6-3-11-28(13-16)22-18-9-10-23-21(18)25-14-26-22/h2,5,8-10,14,16,24H,1,3-4,6-7,11-13H2,(H,27,29)(H,23,25,26)/t16-/m1/s1. The molecule has 3 heterocycles. The Morgan fingerprint density at radius 1 is 1.21 bits per heavy atom. The summed E-state index contributed by atoms with van der Waals surface area (Å²) in [6, 6.07) is 8.49. The first-order valence-electron chi connectivity index (χ1n) is 10.4. The number of aromatic nitrogens is 3. The van der Waals surface area contributed by atoms with E-state index < -0.39 is 0 Å². The molecule has 2 aromatic heterocycles. The van der Waals surface area contributed by atoms with Gasteiger partial charge in [0.2, 0.25) is 5.91 Å². The highest BCUT2D eigenvalue weighted by Gasteiger charge is 2.24. The maximum absolute atomic E-state index is 12.6. The van der Waals surface area contributed by atoms with Gasteiger partial charge in [-0.05, 0) is 55.4 Å². The summed E-state index contributed by atoms with van der Waals surface area (Å²) in [4.78, 5) is 26.7. The van der Waals surface area contributed by atoms with Gasteiger partial charge in [-0.25, -0.2) is 9.97 Å². The predicted molar refractivity (Wildman–Crippen MR) is 114 cm³/mol. The van der Waals surface area contributed by atoms with Crippen molar-refractivity contribution in [2.45, 2.75) is 38.1 Å². The number of aryl methyl sites for hydroxylation is 1. The van der Waals surface area contributed by atoms with Crippen molar-refractivity contribution in [1.82, 2.24) is 20.3 Å². The molecule has 0 radical (unpaired) electrons. The second kappa shape index (κ2) is 7.73. The molecule has 150 valence electrons. The highest BCUT2D eigenvalue weighted by Crippen LogP contribution is 2.28. The van der Waals surface area contributed by atoms with Crippen LogP contribution in [-0.2, 0) is 17.6 Å². The molecule has 1 saturated heterocycles. The van der Waals surface area contributed by atoms with E-state index in [-0.39, 0.29) is 11.9 Å². The number of rotatable bonds is 5. The van der Waals surface area contributed by atoms with Crippen LogP contribution < -0.4 is 15.5 Å². The first-order valence-corrected chi connectivity index (χ1v) is 10.4. The maximum atomic E-state index is 12.6. The SMILES string of the molecule is O=C(CNc1cccc2c1CCC2)N[C@@H]1CCCN(c2ncnc3[nH]ccc23)C1. The van der Waals surface area contributed by atoms with Crippen molar-refractivity contribution in [3.8, 4) is 0 Å². The number of fused-ring (bicyclic) bond motifs is 2. The molecule has 2 aliphatic rings. The van der Waals surface area contributed by atoms with Crippen molar-refractivity contribution in [2.24, 2.45) is 0 Å². The summed E-state index contributed by atoms with van der Waals surface area (Å²) < 4.78 is 0. The van der Waals surface area contributed by atoms with Crippen molar-refractivity contribution in [2.75, 3.05) is 29.9 Å². The first kappa shape index (κ1) is 18.0. The number of carbonyl (C=O) groups excluding carboxylic acids is 1. The highest BCUT2D eigenvalue weighted by atomic mass is 16.2. The quantitative estimate of drug-likeness (QED) is 0.624. The van der Waals surface area contributed by atoms with Crippen LogP contribution >= 0.6 is 0 Å². The number of hydrogen-bond donors (Lipinski definition) is 3. The minimum absolute atomic E-state index is 0.0435. The highest BCUT2D eigenvalue weighted by molar-refractivity contribution is 5.87. The lowest BCUT2D eigenvalue weighted by molar-refractivity contribution is -0.120. The number of H-pyrrole nitrogens is 1. The number of aromatic amines is 1. The maximum Gasteiger partial charge on any atom is 0.239 e. The van der Waals surface area contributed by atoms with E-state index in [0.29, 0.717) is 6.54 Å². The van der Waals surface area contributed by atoms with Gasteiger partial charge in [-0.15, -0.1) is 0 Å². The van der Waals surface area contributed by atoms with Crippen LogP contribution in [0.3, 0.4) is 0 Å². The number of piperidine rings is 1. The second-order valence-corrected chi connectivity index (χ2v) is 7.94. The van der Waals surface area contributed by atoms with Crippen LogP contribution in [0, 0.1) is 0 Å². The molecular weight excluding hydrogens is 364 g/mol. The largest absolute Gasteiger partial charge is 0.376 e. The van der Waals surface area contributed by atoms with E-state index in [1.807, 2.05) is 12.3 Å². The van der Waals surface area contributed by atoms with Crippen molar-refractivity contribution < 1.29 is 4.79 Å². The lowest BCUT2D eigenvalue weighted by Crippen LogP contribution is -2.49. The molecule has 0 unspecified atom stereocenters. The van der Waals surface area contributed by atoms with E-state index >= 15 is 0 Å². The average Bonchev–Trinajstić information content (AvgIpc) is 3.41. The fourth-order valence-electron chi connectivity index (χ4n) is 4.64. The molecule has 1 atom stereocenters. The Balaban J connectivity index is 1.20. The van der Waals surface area contributed by atoms with Gasteiger partial charge in [-0.3, -0.25) is 4.79 Å². The summed E-state index contributed by atoms with van der Waals surface area (Å²) >= 11 is 0. The van der Waals surface area contributed by atoms with Gasteiger partial charge in [-0.2, -0.15) is 0 Å². The molecule has 1 fully saturated rings. The Morgan fingerprint density at radius 2 is 2.17 bits per heavy atom. The Bertz CT molecular complexity index is 1030. The van der Waals surface area contributed by atoms with E-state index in [2.05, 4.69) is 48.7 Å². The van der Waals surface area contributed by atoms with Gasteiger partial charge in [-0.1, -0.05) is 12.1 Å². The molecule has 1 aliphatic carbocycles. The fourth-order valence-corrected chi connectivity index (χ4v) is 4.64. The lowest BCUT2D eigenvalue weighted by Gasteiger charge is -2.34. The van der Waals surface area contributed by atoms with E-state index in [1.54, 1.807) is 6.33 Å². The molecular formula is C22H26N6O. The summed E-state index contributed by atoms with van der Waals surface area (Å²) in [6.07, 6.45) is 8.95. The number of anilines is 2. The monoisotopic (exact) mass is 390 g/mol. The Kier molecular flexibility index (Phi) is 4.79. The van der Waals surface area contributed by atoms with Crippen molar-refractivity contribution in [3.63, 3.8) is 0 Å². The number of hydrogen-bond acceptors (Lipinski definition) is 5. The molecule has 29 heavy (non-hydrogen) atoms. The van der Waals surface area contributed by atoms with Crippen molar-refractivity contribution in [3.05, 3.63) is 47.9 Å². The summed E-state index contributed by atoms with van der Waals surface area (Å²) in [6.45, 7) is 2.02. The third-order valence-corrected chi connectivity index (χ3v) is 6.00.